The number of hydrogen-bond acceptors (Lipinski definition) is 5. The van der Waals surface area contributed by atoms with E-state index in [0.717, 1.165) is 45.8 Å². The lowest BCUT2D eigenvalue weighted by Gasteiger charge is -2.34. The number of nitrogens with zero attached hydrogens (tertiary/aromatic N) is 4. The lowest BCUT2D eigenvalue weighted by molar-refractivity contribution is 0.0102. The van der Waals surface area contributed by atoms with E-state index in [1.165, 1.54) is 10.7 Å². The van der Waals surface area contributed by atoms with E-state index in [9.17, 15) is 9.59 Å². The third-order valence-electron chi connectivity index (χ3n) is 5.12. The molecule has 7 nitrogen and oxygen atoms in total. The van der Waals surface area contributed by atoms with Gasteiger partial charge in [-0.2, -0.15) is 5.10 Å². The summed E-state index contributed by atoms with van der Waals surface area (Å²) in [6, 6.07) is 3.36. The van der Waals surface area contributed by atoms with Crippen LogP contribution in [-0.2, 0) is 11.3 Å². The van der Waals surface area contributed by atoms with Crippen LogP contribution in [0.1, 0.15) is 30.8 Å². The van der Waals surface area contributed by atoms with Crippen molar-refractivity contribution in [2.45, 2.75) is 32.9 Å². The summed E-state index contributed by atoms with van der Waals surface area (Å²) in [7, 11) is 0. The quantitative estimate of drug-likeness (QED) is 0.800. The van der Waals surface area contributed by atoms with Gasteiger partial charge in [-0.1, -0.05) is 13.3 Å². The van der Waals surface area contributed by atoms with Crippen LogP contribution >= 0.6 is 0 Å². The van der Waals surface area contributed by atoms with Crippen LogP contribution in [0.4, 0.5) is 0 Å². The molecule has 0 saturated carbocycles. The topological polar surface area (TPSA) is 67.7 Å². The molecule has 0 aliphatic carbocycles. The smallest absolute Gasteiger partial charge is 0.274 e. The third kappa shape index (κ3) is 3.37. The number of aryl methyl sites for hydroxylation is 1. The first-order valence-corrected chi connectivity index (χ1v) is 8.83. The molecule has 24 heavy (non-hydrogen) atoms. The number of likely N-dealkylation sites (tertiary alicyclic amines) is 1. The molecule has 2 aliphatic rings. The first-order chi connectivity index (χ1) is 11.6. The molecule has 3 rings (SSSR count). The fourth-order valence-corrected chi connectivity index (χ4v) is 3.70. The second kappa shape index (κ2) is 7.44. The molecule has 132 valence electrons. The van der Waals surface area contributed by atoms with Crippen LogP contribution in [-0.4, -0.2) is 70.9 Å². The first kappa shape index (κ1) is 17.1. The molecular weight excluding hydrogens is 308 g/mol. The van der Waals surface area contributed by atoms with Crippen molar-refractivity contribution in [1.29, 1.82) is 0 Å². The standard InChI is InChI=1S/C17H26N4O3/c1-3-13-11-20(12-15(13)19-7-9-24-10-8-19)17(23)14-5-6-16(22)21(4-2)18-14/h5-6,13,15H,3-4,7-12H2,1-2H3/t13-,15-/m1/s1. The van der Waals surface area contributed by atoms with Crippen molar-refractivity contribution in [3.8, 4) is 0 Å². The van der Waals surface area contributed by atoms with E-state index in [1.54, 1.807) is 6.07 Å². The number of hydrogen-bond donors (Lipinski definition) is 0. The Labute approximate surface area is 142 Å². The van der Waals surface area contributed by atoms with Crippen LogP contribution in [0.25, 0.3) is 0 Å². The van der Waals surface area contributed by atoms with Gasteiger partial charge in [-0.3, -0.25) is 14.5 Å². The van der Waals surface area contributed by atoms with E-state index in [0.29, 0.717) is 24.2 Å². The van der Waals surface area contributed by atoms with Crippen molar-refractivity contribution in [3.05, 3.63) is 28.2 Å². The Kier molecular flexibility index (Phi) is 5.30. The summed E-state index contributed by atoms with van der Waals surface area (Å²) in [4.78, 5) is 28.8. The number of morpholine rings is 1. The maximum Gasteiger partial charge on any atom is 0.274 e. The van der Waals surface area contributed by atoms with Gasteiger partial charge in [0.15, 0.2) is 0 Å². The summed E-state index contributed by atoms with van der Waals surface area (Å²) in [5.74, 6) is 0.399. The zero-order chi connectivity index (χ0) is 17.1. The van der Waals surface area contributed by atoms with Gasteiger partial charge < -0.3 is 9.64 Å². The Hall–Kier alpha value is -1.73. The van der Waals surface area contributed by atoms with Gasteiger partial charge in [0.2, 0.25) is 0 Å². The van der Waals surface area contributed by atoms with Crippen molar-refractivity contribution in [2.75, 3.05) is 39.4 Å². The Bertz CT molecular complexity index is 639. The molecule has 0 bridgehead atoms. The summed E-state index contributed by atoms with van der Waals surface area (Å²) < 4.78 is 6.78. The molecule has 0 aromatic carbocycles. The third-order valence-corrected chi connectivity index (χ3v) is 5.12. The number of aromatic nitrogens is 2. The number of rotatable bonds is 4. The lowest BCUT2D eigenvalue weighted by atomic mass is 9.99. The second-order valence-electron chi connectivity index (χ2n) is 6.47. The van der Waals surface area contributed by atoms with Gasteiger partial charge in [0.25, 0.3) is 11.5 Å². The molecule has 0 unspecified atom stereocenters. The van der Waals surface area contributed by atoms with Crippen LogP contribution in [0.5, 0.6) is 0 Å². The monoisotopic (exact) mass is 334 g/mol. The molecule has 0 radical (unpaired) electrons. The summed E-state index contributed by atoms with van der Waals surface area (Å²) in [6.07, 6.45) is 1.05. The van der Waals surface area contributed by atoms with E-state index < -0.39 is 0 Å². The predicted molar refractivity (Wildman–Crippen MR) is 90.0 cm³/mol. The van der Waals surface area contributed by atoms with Gasteiger partial charge in [0.05, 0.1) is 13.2 Å². The Balaban J connectivity index is 1.75. The highest BCUT2D eigenvalue weighted by Gasteiger charge is 2.38. The van der Waals surface area contributed by atoms with Gasteiger partial charge in [-0.05, 0) is 18.9 Å². The van der Waals surface area contributed by atoms with Crippen molar-refractivity contribution in [1.82, 2.24) is 19.6 Å². The lowest BCUT2D eigenvalue weighted by Crippen LogP contribution is -2.47. The SMILES string of the molecule is CC[C@@H]1CN(C(=O)c2ccc(=O)n(CC)n2)C[C@H]1N1CCOCC1. The number of ether oxygens (including phenoxy) is 1. The van der Waals surface area contributed by atoms with Gasteiger partial charge in [-0.15, -0.1) is 0 Å². The molecular formula is C17H26N4O3. The van der Waals surface area contributed by atoms with E-state index in [4.69, 9.17) is 4.74 Å². The van der Waals surface area contributed by atoms with E-state index in [2.05, 4.69) is 16.9 Å². The zero-order valence-electron chi connectivity index (χ0n) is 14.5. The van der Waals surface area contributed by atoms with Crippen molar-refractivity contribution >= 4 is 5.91 Å². The van der Waals surface area contributed by atoms with Crippen LogP contribution in [0.2, 0.25) is 0 Å². The van der Waals surface area contributed by atoms with Crippen molar-refractivity contribution in [3.63, 3.8) is 0 Å². The minimum Gasteiger partial charge on any atom is -0.379 e. The minimum absolute atomic E-state index is 0.0774. The Morgan fingerprint density at radius 3 is 2.67 bits per heavy atom. The molecule has 2 fully saturated rings. The molecule has 0 spiro atoms. The molecule has 1 aromatic rings. The molecule has 2 atom stereocenters. The summed E-state index contributed by atoms with van der Waals surface area (Å²) in [5.41, 5.74) is 0.182. The van der Waals surface area contributed by atoms with E-state index in [-0.39, 0.29) is 11.5 Å². The van der Waals surface area contributed by atoms with E-state index in [1.807, 2.05) is 11.8 Å². The van der Waals surface area contributed by atoms with Crippen molar-refractivity contribution < 1.29 is 9.53 Å². The maximum absolute atomic E-state index is 12.8. The van der Waals surface area contributed by atoms with Crippen LogP contribution in [0, 0.1) is 5.92 Å². The maximum atomic E-state index is 12.8. The number of carbonyl (C=O) groups is 1. The summed E-state index contributed by atoms with van der Waals surface area (Å²) in [6.45, 7) is 9.38. The van der Waals surface area contributed by atoms with Crippen LogP contribution < -0.4 is 5.56 Å². The van der Waals surface area contributed by atoms with Gasteiger partial charge in [-0.25, -0.2) is 4.68 Å². The van der Waals surface area contributed by atoms with Crippen LogP contribution in [0.3, 0.4) is 0 Å². The Morgan fingerprint density at radius 2 is 2.00 bits per heavy atom. The van der Waals surface area contributed by atoms with Gasteiger partial charge >= 0.3 is 0 Å². The molecule has 0 N–H and O–H groups in total. The molecule has 1 amide bonds. The average molecular weight is 334 g/mol. The van der Waals surface area contributed by atoms with Gasteiger partial charge in [0, 0.05) is 44.8 Å². The van der Waals surface area contributed by atoms with Crippen molar-refractivity contribution in [2.24, 2.45) is 5.92 Å². The highest BCUT2D eigenvalue weighted by Crippen LogP contribution is 2.26. The molecule has 1 aromatic heterocycles. The number of carbonyl (C=O) groups excluding carboxylic acids is 1. The Morgan fingerprint density at radius 1 is 1.25 bits per heavy atom. The summed E-state index contributed by atoms with van der Waals surface area (Å²) >= 11 is 0. The van der Waals surface area contributed by atoms with E-state index >= 15 is 0 Å². The van der Waals surface area contributed by atoms with Crippen LogP contribution in [0.15, 0.2) is 16.9 Å². The molecule has 2 saturated heterocycles. The second-order valence-corrected chi connectivity index (χ2v) is 6.47. The highest BCUT2D eigenvalue weighted by atomic mass is 16.5. The molecule has 2 aliphatic heterocycles. The normalized spacial score (nSPS) is 25.2. The fraction of sp³-hybridized carbons (Fsp3) is 0.706. The first-order valence-electron chi connectivity index (χ1n) is 8.83. The average Bonchev–Trinajstić information content (AvgIpc) is 3.06. The predicted octanol–water partition coefficient (Wildman–Crippen LogP) is 0.446. The minimum atomic E-state index is -0.173. The number of amides is 1. The fourth-order valence-electron chi connectivity index (χ4n) is 3.70. The van der Waals surface area contributed by atoms with Gasteiger partial charge in [0.1, 0.15) is 5.69 Å². The molecule has 3 heterocycles. The summed E-state index contributed by atoms with van der Waals surface area (Å²) in [5, 5.41) is 4.20. The highest BCUT2D eigenvalue weighted by molar-refractivity contribution is 5.92. The largest absolute Gasteiger partial charge is 0.379 e. The molecule has 7 heteroatoms. The zero-order valence-corrected chi connectivity index (χ0v) is 14.5.